The minimum atomic E-state index is -0.567. The number of hydrogen-bond acceptors (Lipinski definition) is 5. The van der Waals surface area contributed by atoms with Crippen molar-refractivity contribution < 1.29 is 19.1 Å². The van der Waals surface area contributed by atoms with Gasteiger partial charge in [0.25, 0.3) is 0 Å². The van der Waals surface area contributed by atoms with Gasteiger partial charge in [0.05, 0.1) is 25.4 Å². The van der Waals surface area contributed by atoms with Gasteiger partial charge in [-0.1, -0.05) is 0 Å². The van der Waals surface area contributed by atoms with Gasteiger partial charge in [-0.2, -0.15) is 5.10 Å². The Morgan fingerprint density at radius 3 is 2.71 bits per heavy atom. The van der Waals surface area contributed by atoms with Crippen LogP contribution in [0.4, 0.5) is 15.4 Å². The van der Waals surface area contributed by atoms with Gasteiger partial charge in [0.2, 0.25) is 0 Å². The summed E-state index contributed by atoms with van der Waals surface area (Å²) in [4.78, 5) is 25.0. The Morgan fingerprint density at radius 1 is 1.38 bits per heavy atom. The van der Waals surface area contributed by atoms with Crippen molar-refractivity contribution in [2.24, 2.45) is 0 Å². The molecular formula is C13H20N4O4. The minimum Gasteiger partial charge on any atom is -0.450 e. The molecule has 0 bridgehead atoms. The number of hydrogen-bond donors (Lipinski definition) is 2. The molecule has 1 aliphatic heterocycles. The molecule has 21 heavy (non-hydrogen) atoms. The second-order valence-electron chi connectivity index (χ2n) is 5.71. The maximum Gasteiger partial charge on any atom is 0.412 e. The molecular weight excluding hydrogens is 276 g/mol. The van der Waals surface area contributed by atoms with Gasteiger partial charge in [-0.25, -0.2) is 9.59 Å². The van der Waals surface area contributed by atoms with Crippen LogP contribution >= 0.6 is 0 Å². The number of carbonyl (C=O) groups excluding carboxylic acids is 2. The summed E-state index contributed by atoms with van der Waals surface area (Å²) in [5.41, 5.74) is 1.01. The molecule has 0 saturated heterocycles. The number of fused-ring (bicyclic) bond motifs is 1. The Bertz CT molecular complexity index is 547. The first kappa shape index (κ1) is 15.1. The highest BCUT2D eigenvalue weighted by Gasteiger charge is 2.31. The average Bonchev–Trinajstić information content (AvgIpc) is 2.89. The van der Waals surface area contributed by atoms with Gasteiger partial charge < -0.3 is 9.47 Å². The molecule has 1 aromatic rings. The van der Waals surface area contributed by atoms with Crippen molar-refractivity contribution in [3.05, 3.63) is 11.3 Å². The highest BCUT2D eigenvalue weighted by Crippen LogP contribution is 2.28. The van der Waals surface area contributed by atoms with E-state index in [0.29, 0.717) is 18.9 Å². The molecule has 1 aromatic heterocycles. The van der Waals surface area contributed by atoms with E-state index in [0.717, 1.165) is 11.3 Å². The molecule has 116 valence electrons. The predicted molar refractivity (Wildman–Crippen MR) is 74.7 cm³/mol. The van der Waals surface area contributed by atoms with E-state index in [-0.39, 0.29) is 6.61 Å². The molecule has 1 aliphatic rings. The van der Waals surface area contributed by atoms with Crippen molar-refractivity contribution in [3.8, 4) is 0 Å². The third-order valence-corrected chi connectivity index (χ3v) is 2.80. The molecule has 0 aliphatic carbocycles. The van der Waals surface area contributed by atoms with Crippen molar-refractivity contribution in [1.29, 1.82) is 0 Å². The van der Waals surface area contributed by atoms with E-state index in [9.17, 15) is 9.59 Å². The zero-order chi connectivity index (χ0) is 15.6. The third kappa shape index (κ3) is 3.65. The number of nitrogens with one attached hydrogen (secondary N) is 2. The number of rotatable bonds is 2. The molecule has 2 N–H and O–H groups in total. The summed E-state index contributed by atoms with van der Waals surface area (Å²) < 4.78 is 10.1. The molecule has 0 spiro atoms. The number of nitrogens with zero attached hydrogens (tertiary/aromatic N) is 2. The van der Waals surface area contributed by atoms with E-state index < -0.39 is 17.8 Å². The number of anilines is 1. The van der Waals surface area contributed by atoms with Crippen molar-refractivity contribution in [3.63, 3.8) is 0 Å². The molecule has 2 rings (SSSR count). The molecule has 0 aromatic carbocycles. The molecule has 8 heteroatoms. The van der Waals surface area contributed by atoms with E-state index in [1.54, 1.807) is 11.8 Å². The average molecular weight is 296 g/mol. The van der Waals surface area contributed by atoms with Crippen molar-refractivity contribution in [2.75, 3.05) is 11.9 Å². The molecule has 0 atom stereocenters. The van der Waals surface area contributed by atoms with Crippen LogP contribution in [0.1, 0.15) is 39.0 Å². The van der Waals surface area contributed by atoms with Gasteiger partial charge >= 0.3 is 12.2 Å². The van der Waals surface area contributed by atoms with Crippen LogP contribution in [0, 0.1) is 0 Å². The standard InChI is InChI=1S/C13H20N4O4/c1-5-20-11(18)14-10-8-6-17(7-9(8)15-16-10)12(19)21-13(2,3)4/h5-7H2,1-4H3,(H2,14,15,16,18). The Morgan fingerprint density at radius 2 is 2.10 bits per heavy atom. The maximum atomic E-state index is 12.0. The summed E-state index contributed by atoms with van der Waals surface area (Å²) >= 11 is 0. The number of H-pyrrole nitrogens is 1. The largest absolute Gasteiger partial charge is 0.450 e. The highest BCUT2D eigenvalue weighted by atomic mass is 16.6. The summed E-state index contributed by atoms with van der Waals surface area (Å²) in [7, 11) is 0. The van der Waals surface area contributed by atoms with Gasteiger partial charge in [-0.3, -0.25) is 15.3 Å². The summed E-state index contributed by atoms with van der Waals surface area (Å²) in [5, 5.41) is 9.37. The van der Waals surface area contributed by atoms with Gasteiger partial charge in [0.15, 0.2) is 5.82 Å². The van der Waals surface area contributed by atoms with Gasteiger partial charge in [-0.05, 0) is 27.7 Å². The lowest BCUT2D eigenvalue weighted by Gasteiger charge is -2.24. The van der Waals surface area contributed by atoms with Crippen molar-refractivity contribution in [1.82, 2.24) is 15.1 Å². The second kappa shape index (κ2) is 5.63. The number of ether oxygens (including phenoxy) is 2. The van der Waals surface area contributed by atoms with Crippen LogP contribution in [-0.4, -0.2) is 39.5 Å². The van der Waals surface area contributed by atoms with Crippen LogP contribution in [0.25, 0.3) is 0 Å². The van der Waals surface area contributed by atoms with Gasteiger partial charge in [0.1, 0.15) is 5.60 Å². The smallest absolute Gasteiger partial charge is 0.412 e. The van der Waals surface area contributed by atoms with Gasteiger partial charge in [-0.15, -0.1) is 0 Å². The normalized spacial score (nSPS) is 13.8. The molecule has 2 heterocycles. The van der Waals surface area contributed by atoms with Crippen molar-refractivity contribution in [2.45, 2.75) is 46.4 Å². The van der Waals surface area contributed by atoms with Crippen LogP contribution < -0.4 is 5.32 Å². The topological polar surface area (TPSA) is 96.5 Å². The van der Waals surface area contributed by atoms with Crippen LogP contribution in [0.2, 0.25) is 0 Å². The summed E-state index contributed by atoms with van der Waals surface area (Å²) in [5.74, 6) is 0.384. The van der Waals surface area contributed by atoms with Crippen LogP contribution in [-0.2, 0) is 22.6 Å². The summed E-state index contributed by atoms with van der Waals surface area (Å²) in [6, 6.07) is 0. The van der Waals surface area contributed by atoms with Crippen LogP contribution in [0.5, 0.6) is 0 Å². The molecule has 8 nitrogen and oxygen atoms in total. The molecule has 2 amide bonds. The minimum absolute atomic E-state index is 0.280. The number of amides is 2. The van der Waals surface area contributed by atoms with E-state index in [4.69, 9.17) is 9.47 Å². The molecule has 0 fully saturated rings. The Balaban J connectivity index is 2.01. The fraction of sp³-hybridized carbons (Fsp3) is 0.615. The quantitative estimate of drug-likeness (QED) is 0.872. The molecule has 0 unspecified atom stereocenters. The zero-order valence-electron chi connectivity index (χ0n) is 12.6. The lowest BCUT2D eigenvalue weighted by atomic mass is 10.2. The lowest BCUT2D eigenvalue weighted by molar-refractivity contribution is 0.0240. The fourth-order valence-electron chi connectivity index (χ4n) is 1.96. The van der Waals surface area contributed by atoms with E-state index in [1.165, 1.54) is 0 Å². The number of aromatic nitrogens is 2. The van der Waals surface area contributed by atoms with E-state index in [2.05, 4.69) is 15.5 Å². The highest BCUT2D eigenvalue weighted by molar-refractivity contribution is 5.84. The SMILES string of the molecule is CCOC(=O)Nc1n[nH]c2c1CN(C(=O)OC(C)(C)C)C2. The van der Waals surface area contributed by atoms with Crippen LogP contribution in [0.3, 0.4) is 0 Å². The summed E-state index contributed by atoms with van der Waals surface area (Å²) in [6.45, 7) is 8.16. The fourth-order valence-corrected chi connectivity index (χ4v) is 1.96. The first-order chi connectivity index (χ1) is 9.80. The predicted octanol–water partition coefficient (Wildman–Crippen LogP) is 2.23. The Labute approximate surface area is 122 Å². The van der Waals surface area contributed by atoms with Crippen LogP contribution in [0.15, 0.2) is 0 Å². The van der Waals surface area contributed by atoms with E-state index in [1.807, 2.05) is 20.8 Å². The first-order valence-electron chi connectivity index (χ1n) is 6.78. The lowest BCUT2D eigenvalue weighted by Crippen LogP contribution is -2.33. The number of carbonyl (C=O) groups is 2. The van der Waals surface area contributed by atoms with Crippen molar-refractivity contribution >= 4 is 18.0 Å². The number of aromatic amines is 1. The van der Waals surface area contributed by atoms with Gasteiger partial charge in [0, 0.05) is 5.56 Å². The first-order valence-corrected chi connectivity index (χ1v) is 6.78. The molecule has 0 saturated carbocycles. The Hall–Kier alpha value is -2.25. The second-order valence-corrected chi connectivity index (χ2v) is 5.71. The third-order valence-electron chi connectivity index (χ3n) is 2.80. The monoisotopic (exact) mass is 296 g/mol. The molecule has 0 radical (unpaired) electrons. The Kier molecular flexibility index (Phi) is 4.06. The van der Waals surface area contributed by atoms with E-state index >= 15 is 0 Å². The zero-order valence-corrected chi connectivity index (χ0v) is 12.6. The maximum absolute atomic E-state index is 12.0. The summed E-state index contributed by atoms with van der Waals surface area (Å²) in [6.07, 6.45) is -0.961.